The maximum atomic E-state index is 4.35. The van der Waals surface area contributed by atoms with Gasteiger partial charge in [-0.2, -0.15) is 0 Å². The predicted octanol–water partition coefficient (Wildman–Crippen LogP) is 2.00. The highest BCUT2D eigenvalue weighted by atomic mass is 15.1. The Morgan fingerprint density at radius 1 is 1.46 bits per heavy atom. The molecule has 13 heavy (non-hydrogen) atoms. The van der Waals surface area contributed by atoms with Crippen molar-refractivity contribution >= 4 is 11.7 Å². The molecule has 3 heteroatoms. The van der Waals surface area contributed by atoms with Gasteiger partial charge >= 0.3 is 0 Å². The van der Waals surface area contributed by atoms with Crippen molar-refractivity contribution in [2.24, 2.45) is 4.99 Å². The first-order valence-electron chi connectivity index (χ1n) is 4.25. The Morgan fingerprint density at radius 2 is 2.15 bits per heavy atom. The van der Waals surface area contributed by atoms with Gasteiger partial charge in [-0.25, -0.2) is 9.98 Å². The molecule has 0 aliphatic carbocycles. The van der Waals surface area contributed by atoms with E-state index in [2.05, 4.69) is 9.98 Å². The van der Waals surface area contributed by atoms with Gasteiger partial charge in [0.1, 0.15) is 5.84 Å². The largest absolute Gasteiger partial charge is 0.366 e. The van der Waals surface area contributed by atoms with Crippen LogP contribution in [0.1, 0.15) is 12.5 Å². The van der Waals surface area contributed by atoms with Gasteiger partial charge in [-0.3, -0.25) is 0 Å². The molecule has 0 unspecified atom stereocenters. The van der Waals surface area contributed by atoms with Crippen LogP contribution in [0.25, 0.3) is 0 Å². The van der Waals surface area contributed by atoms with Crippen LogP contribution in [0.2, 0.25) is 0 Å². The van der Waals surface area contributed by atoms with Gasteiger partial charge in [0.2, 0.25) is 0 Å². The Balaban J connectivity index is 2.91. The first-order valence-corrected chi connectivity index (χ1v) is 4.25. The molecule has 0 spiro atoms. The van der Waals surface area contributed by atoms with Gasteiger partial charge in [0, 0.05) is 20.3 Å². The number of hydrogen-bond acceptors (Lipinski definition) is 2. The normalized spacial score (nSPS) is 11.5. The summed E-state index contributed by atoms with van der Waals surface area (Å²) in [6, 6.07) is 3.93. The summed E-state index contributed by atoms with van der Waals surface area (Å²) in [5.74, 6) is 1.73. The topological polar surface area (TPSA) is 28.5 Å². The van der Waals surface area contributed by atoms with Crippen molar-refractivity contribution < 1.29 is 0 Å². The van der Waals surface area contributed by atoms with E-state index in [1.54, 1.807) is 6.20 Å². The van der Waals surface area contributed by atoms with Crippen molar-refractivity contribution in [2.45, 2.75) is 13.8 Å². The van der Waals surface area contributed by atoms with Crippen molar-refractivity contribution in [3.8, 4) is 0 Å². The third-order valence-corrected chi connectivity index (χ3v) is 1.82. The third-order valence-electron chi connectivity index (χ3n) is 1.82. The smallest absolute Gasteiger partial charge is 0.154 e. The van der Waals surface area contributed by atoms with E-state index in [1.807, 2.05) is 45.0 Å². The Morgan fingerprint density at radius 3 is 2.69 bits per heavy atom. The lowest BCUT2D eigenvalue weighted by molar-refractivity contribution is 0.618. The Hall–Kier alpha value is -1.38. The van der Waals surface area contributed by atoms with Gasteiger partial charge in [0.25, 0.3) is 0 Å². The molecular formula is C10H15N3. The molecule has 0 saturated carbocycles. The predicted molar refractivity (Wildman–Crippen MR) is 55.4 cm³/mol. The third kappa shape index (κ3) is 2.86. The number of nitrogens with zero attached hydrogens (tertiary/aromatic N) is 3. The Bertz CT molecular complexity index is 316. The minimum Gasteiger partial charge on any atom is -0.366 e. The molecule has 70 valence electrons. The van der Waals surface area contributed by atoms with Crippen LogP contribution >= 0.6 is 0 Å². The average Bonchev–Trinajstić information content (AvgIpc) is 2.04. The molecule has 0 bridgehead atoms. The summed E-state index contributed by atoms with van der Waals surface area (Å²) < 4.78 is 0. The van der Waals surface area contributed by atoms with E-state index in [-0.39, 0.29) is 0 Å². The lowest BCUT2D eigenvalue weighted by Gasteiger charge is -2.10. The van der Waals surface area contributed by atoms with Gasteiger partial charge in [0.05, 0.1) is 0 Å². The van der Waals surface area contributed by atoms with Crippen LogP contribution in [-0.2, 0) is 0 Å². The molecule has 1 aromatic rings. The quantitative estimate of drug-likeness (QED) is 0.485. The van der Waals surface area contributed by atoms with Gasteiger partial charge in [-0.15, -0.1) is 0 Å². The summed E-state index contributed by atoms with van der Waals surface area (Å²) in [6.45, 7) is 4.00. The fraction of sp³-hybridized carbons (Fsp3) is 0.400. The van der Waals surface area contributed by atoms with Crippen LogP contribution in [0, 0.1) is 6.92 Å². The van der Waals surface area contributed by atoms with E-state index in [0.29, 0.717) is 0 Å². The maximum Gasteiger partial charge on any atom is 0.154 e. The number of hydrogen-bond donors (Lipinski definition) is 0. The fourth-order valence-electron chi connectivity index (χ4n) is 0.847. The van der Waals surface area contributed by atoms with Gasteiger partial charge in [-0.1, -0.05) is 0 Å². The summed E-state index contributed by atoms with van der Waals surface area (Å²) in [4.78, 5) is 10.5. The number of rotatable bonds is 1. The molecule has 0 fully saturated rings. The molecule has 0 aliphatic rings. The van der Waals surface area contributed by atoms with Crippen molar-refractivity contribution in [1.82, 2.24) is 9.88 Å². The second-order valence-electron chi connectivity index (χ2n) is 3.24. The molecule has 1 rings (SSSR count). The van der Waals surface area contributed by atoms with Crippen molar-refractivity contribution in [2.75, 3.05) is 14.1 Å². The average molecular weight is 177 g/mol. The lowest BCUT2D eigenvalue weighted by atomic mass is 10.3. The van der Waals surface area contributed by atoms with Gasteiger partial charge in [-0.05, 0) is 31.5 Å². The summed E-state index contributed by atoms with van der Waals surface area (Å²) in [5, 5.41) is 0. The monoisotopic (exact) mass is 177 g/mol. The van der Waals surface area contributed by atoms with E-state index in [1.165, 1.54) is 5.56 Å². The van der Waals surface area contributed by atoms with E-state index in [0.717, 1.165) is 11.7 Å². The number of aliphatic imine (C=N–C) groups is 1. The summed E-state index contributed by atoms with van der Waals surface area (Å²) in [7, 11) is 3.93. The van der Waals surface area contributed by atoms with Crippen LogP contribution in [0.5, 0.6) is 0 Å². The van der Waals surface area contributed by atoms with Crippen LogP contribution in [-0.4, -0.2) is 29.8 Å². The zero-order valence-corrected chi connectivity index (χ0v) is 8.57. The number of aryl methyl sites for hydroxylation is 1. The molecule has 0 aromatic carbocycles. The first kappa shape index (κ1) is 9.71. The molecular weight excluding hydrogens is 162 g/mol. The summed E-state index contributed by atoms with van der Waals surface area (Å²) in [6.07, 6.45) is 1.77. The van der Waals surface area contributed by atoms with Gasteiger partial charge < -0.3 is 4.90 Å². The highest BCUT2D eigenvalue weighted by Gasteiger charge is 1.95. The second-order valence-corrected chi connectivity index (χ2v) is 3.24. The minimum atomic E-state index is 0.770. The first-order chi connectivity index (χ1) is 6.09. The summed E-state index contributed by atoms with van der Waals surface area (Å²) in [5.41, 5.74) is 1.18. The standard InChI is InChI=1S/C10H15N3/c1-8-5-6-11-10(7-8)12-9(2)13(3)4/h5-7H,1-4H3. The number of aromatic nitrogens is 1. The van der Waals surface area contributed by atoms with E-state index >= 15 is 0 Å². The van der Waals surface area contributed by atoms with Crippen LogP contribution in [0.15, 0.2) is 23.3 Å². The molecule has 0 atom stereocenters. The molecule has 1 heterocycles. The van der Waals surface area contributed by atoms with Crippen LogP contribution in [0.3, 0.4) is 0 Å². The summed E-state index contributed by atoms with van der Waals surface area (Å²) >= 11 is 0. The zero-order valence-electron chi connectivity index (χ0n) is 8.57. The van der Waals surface area contributed by atoms with E-state index in [4.69, 9.17) is 0 Å². The van der Waals surface area contributed by atoms with Crippen LogP contribution < -0.4 is 0 Å². The van der Waals surface area contributed by atoms with Crippen molar-refractivity contribution in [1.29, 1.82) is 0 Å². The number of pyridine rings is 1. The van der Waals surface area contributed by atoms with Crippen molar-refractivity contribution in [3.05, 3.63) is 23.9 Å². The van der Waals surface area contributed by atoms with Crippen molar-refractivity contribution in [3.63, 3.8) is 0 Å². The zero-order chi connectivity index (χ0) is 9.84. The molecule has 0 saturated heterocycles. The highest BCUT2D eigenvalue weighted by molar-refractivity contribution is 5.81. The van der Waals surface area contributed by atoms with Gasteiger partial charge in [0.15, 0.2) is 5.82 Å². The molecule has 0 aliphatic heterocycles. The van der Waals surface area contributed by atoms with E-state index < -0.39 is 0 Å². The fourth-order valence-corrected chi connectivity index (χ4v) is 0.847. The van der Waals surface area contributed by atoms with Crippen LogP contribution in [0.4, 0.5) is 5.82 Å². The molecule has 0 amide bonds. The minimum absolute atomic E-state index is 0.770. The molecule has 1 aromatic heterocycles. The molecule has 3 nitrogen and oxygen atoms in total. The maximum absolute atomic E-state index is 4.35. The Kier molecular flexibility index (Phi) is 3.01. The lowest BCUT2D eigenvalue weighted by Crippen LogP contribution is -2.17. The van der Waals surface area contributed by atoms with E-state index in [9.17, 15) is 0 Å². The highest BCUT2D eigenvalue weighted by Crippen LogP contribution is 2.09. The molecule has 0 N–H and O–H groups in total. The number of amidine groups is 1. The Labute approximate surface area is 79.1 Å². The molecule has 0 radical (unpaired) electrons. The second kappa shape index (κ2) is 4.03. The SMILES string of the molecule is CC(=Nc1cc(C)ccn1)N(C)C.